The van der Waals surface area contributed by atoms with Gasteiger partial charge in [0.1, 0.15) is 11.6 Å². The monoisotopic (exact) mass is 451 g/mol. The zero-order chi connectivity index (χ0) is 15.2. The van der Waals surface area contributed by atoms with Gasteiger partial charge in [-0.25, -0.2) is 4.39 Å². The van der Waals surface area contributed by atoms with Crippen LogP contribution in [-0.2, 0) is 13.1 Å². The molecule has 0 radical (unpaired) electrons. The summed E-state index contributed by atoms with van der Waals surface area (Å²) in [6.07, 6.45) is 0. The number of ether oxygens (including phenoxy) is 1. The highest BCUT2D eigenvalue weighted by Crippen LogP contribution is 2.33. The van der Waals surface area contributed by atoms with Gasteiger partial charge in [0.05, 0.1) is 11.1 Å². The Balaban J connectivity index is 0.00000242. The van der Waals surface area contributed by atoms with Crippen molar-refractivity contribution in [2.45, 2.75) is 20.0 Å². The molecule has 2 rings (SSSR count). The molecular weight excluding hydrogens is 436 g/mol. The summed E-state index contributed by atoms with van der Waals surface area (Å²) in [6.45, 7) is 3.93. The van der Waals surface area contributed by atoms with E-state index in [0.717, 1.165) is 25.8 Å². The van der Waals surface area contributed by atoms with E-state index in [0.29, 0.717) is 19.7 Å². The molecule has 0 atom stereocenters. The molecule has 6 heteroatoms. The Morgan fingerprint density at radius 2 is 1.77 bits per heavy atom. The standard InChI is InChI=1S/C16H16Br2FNO.ClH/c1-2-21-16-12(7-13(17)8-15(16)18)10-20-9-11-3-5-14(19)6-4-11;/h3-8,20H,2,9-10H2,1H3;1H. The van der Waals surface area contributed by atoms with Gasteiger partial charge in [-0.2, -0.15) is 0 Å². The van der Waals surface area contributed by atoms with Crippen molar-refractivity contribution in [3.8, 4) is 5.75 Å². The van der Waals surface area contributed by atoms with Crippen LogP contribution < -0.4 is 10.1 Å². The second-order valence-electron chi connectivity index (χ2n) is 4.54. The lowest BCUT2D eigenvalue weighted by Gasteiger charge is -2.14. The number of hydrogen-bond donors (Lipinski definition) is 1. The molecule has 0 saturated heterocycles. The zero-order valence-electron chi connectivity index (χ0n) is 12.0. The average molecular weight is 454 g/mol. The van der Waals surface area contributed by atoms with Gasteiger partial charge in [-0.3, -0.25) is 0 Å². The maximum absolute atomic E-state index is 12.9. The molecule has 0 bridgehead atoms. The number of benzene rings is 2. The average Bonchev–Trinajstić information content (AvgIpc) is 2.44. The van der Waals surface area contributed by atoms with E-state index < -0.39 is 0 Å². The van der Waals surface area contributed by atoms with Crippen LogP contribution in [0.15, 0.2) is 45.3 Å². The van der Waals surface area contributed by atoms with Crippen LogP contribution in [0.1, 0.15) is 18.1 Å². The molecule has 2 aromatic rings. The number of halogens is 4. The van der Waals surface area contributed by atoms with E-state index in [2.05, 4.69) is 37.2 Å². The second-order valence-corrected chi connectivity index (χ2v) is 6.31. The van der Waals surface area contributed by atoms with Crippen LogP contribution in [0.25, 0.3) is 0 Å². The van der Waals surface area contributed by atoms with Crippen LogP contribution >= 0.6 is 44.3 Å². The molecule has 0 spiro atoms. The minimum Gasteiger partial charge on any atom is -0.492 e. The first-order valence-electron chi connectivity index (χ1n) is 6.66. The first kappa shape index (κ1) is 19.4. The molecular formula is C16H17Br2ClFNO. The van der Waals surface area contributed by atoms with Crippen molar-refractivity contribution in [1.29, 1.82) is 0 Å². The van der Waals surface area contributed by atoms with Crippen LogP contribution in [0.4, 0.5) is 4.39 Å². The van der Waals surface area contributed by atoms with E-state index in [1.807, 2.05) is 19.1 Å². The zero-order valence-corrected chi connectivity index (χ0v) is 16.0. The molecule has 0 heterocycles. The minimum atomic E-state index is -0.215. The Labute approximate surface area is 153 Å². The molecule has 120 valence electrons. The van der Waals surface area contributed by atoms with Gasteiger partial charge in [-0.1, -0.05) is 28.1 Å². The van der Waals surface area contributed by atoms with Gasteiger partial charge in [-0.15, -0.1) is 12.4 Å². The summed E-state index contributed by atoms with van der Waals surface area (Å²) in [5.74, 6) is 0.639. The third kappa shape index (κ3) is 5.54. The van der Waals surface area contributed by atoms with Crippen molar-refractivity contribution in [1.82, 2.24) is 5.32 Å². The topological polar surface area (TPSA) is 21.3 Å². The van der Waals surface area contributed by atoms with Crippen molar-refractivity contribution >= 4 is 44.3 Å². The molecule has 0 aliphatic heterocycles. The summed E-state index contributed by atoms with van der Waals surface area (Å²) in [7, 11) is 0. The third-order valence-electron chi connectivity index (χ3n) is 2.93. The first-order valence-corrected chi connectivity index (χ1v) is 8.24. The van der Waals surface area contributed by atoms with Crippen LogP contribution in [0.3, 0.4) is 0 Å². The normalized spacial score (nSPS) is 10.2. The van der Waals surface area contributed by atoms with E-state index in [1.165, 1.54) is 12.1 Å². The molecule has 0 saturated carbocycles. The maximum atomic E-state index is 12.9. The Morgan fingerprint density at radius 3 is 2.41 bits per heavy atom. The summed E-state index contributed by atoms with van der Waals surface area (Å²) < 4.78 is 20.5. The van der Waals surface area contributed by atoms with Crippen molar-refractivity contribution in [3.05, 3.63) is 62.3 Å². The lowest BCUT2D eigenvalue weighted by molar-refractivity contribution is 0.333. The molecule has 2 aromatic carbocycles. The molecule has 0 amide bonds. The molecule has 1 N–H and O–H groups in total. The highest BCUT2D eigenvalue weighted by atomic mass is 79.9. The molecule has 0 aliphatic rings. The van der Waals surface area contributed by atoms with Crippen molar-refractivity contribution < 1.29 is 9.13 Å². The summed E-state index contributed by atoms with van der Waals surface area (Å²) in [5.41, 5.74) is 2.11. The quantitative estimate of drug-likeness (QED) is 0.627. The van der Waals surface area contributed by atoms with Gasteiger partial charge in [-0.05, 0) is 52.7 Å². The number of hydrogen-bond acceptors (Lipinski definition) is 2. The van der Waals surface area contributed by atoms with Crippen molar-refractivity contribution in [3.63, 3.8) is 0 Å². The SMILES string of the molecule is CCOc1c(Br)cc(Br)cc1CNCc1ccc(F)cc1.Cl. The lowest BCUT2D eigenvalue weighted by atomic mass is 10.2. The van der Waals surface area contributed by atoms with Crippen molar-refractivity contribution in [2.75, 3.05) is 6.61 Å². The summed E-state index contributed by atoms with van der Waals surface area (Å²) in [5, 5.41) is 3.35. The van der Waals surface area contributed by atoms with E-state index in [4.69, 9.17) is 4.74 Å². The van der Waals surface area contributed by atoms with E-state index in [1.54, 1.807) is 12.1 Å². The summed E-state index contributed by atoms with van der Waals surface area (Å²) in [6, 6.07) is 10.5. The van der Waals surface area contributed by atoms with Gasteiger partial charge in [0.2, 0.25) is 0 Å². The molecule has 2 nitrogen and oxygen atoms in total. The van der Waals surface area contributed by atoms with Gasteiger partial charge < -0.3 is 10.1 Å². The maximum Gasteiger partial charge on any atom is 0.138 e. The number of rotatable bonds is 6. The number of nitrogens with one attached hydrogen (secondary N) is 1. The highest BCUT2D eigenvalue weighted by molar-refractivity contribution is 9.11. The fraction of sp³-hybridized carbons (Fsp3) is 0.250. The Hall–Kier alpha value is -0.620. The fourth-order valence-corrected chi connectivity index (χ4v) is 3.42. The summed E-state index contributed by atoms with van der Waals surface area (Å²) in [4.78, 5) is 0. The molecule has 0 aromatic heterocycles. The fourth-order valence-electron chi connectivity index (χ4n) is 1.99. The molecule has 0 fully saturated rings. The van der Waals surface area contributed by atoms with Crippen LogP contribution in [0.5, 0.6) is 5.75 Å². The predicted molar refractivity (Wildman–Crippen MR) is 97.2 cm³/mol. The lowest BCUT2D eigenvalue weighted by Crippen LogP contribution is -2.14. The van der Waals surface area contributed by atoms with Crippen LogP contribution in [-0.4, -0.2) is 6.61 Å². The van der Waals surface area contributed by atoms with E-state index >= 15 is 0 Å². The third-order valence-corrected chi connectivity index (χ3v) is 3.98. The largest absolute Gasteiger partial charge is 0.492 e. The van der Waals surface area contributed by atoms with Gasteiger partial charge in [0, 0.05) is 23.1 Å². The first-order chi connectivity index (χ1) is 10.1. The van der Waals surface area contributed by atoms with Gasteiger partial charge >= 0.3 is 0 Å². The van der Waals surface area contributed by atoms with E-state index in [-0.39, 0.29) is 18.2 Å². The van der Waals surface area contributed by atoms with E-state index in [9.17, 15) is 4.39 Å². The predicted octanol–water partition coefficient (Wildman–Crippen LogP) is 5.46. The van der Waals surface area contributed by atoms with Gasteiger partial charge in [0.15, 0.2) is 0 Å². The Bertz CT molecular complexity index is 608. The second kappa shape index (κ2) is 9.50. The van der Waals surface area contributed by atoms with Crippen molar-refractivity contribution in [2.24, 2.45) is 0 Å². The van der Waals surface area contributed by atoms with Gasteiger partial charge in [0.25, 0.3) is 0 Å². The molecule has 0 unspecified atom stereocenters. The summed E-state index contributed by atoms with van der Waals surface area (Å²) >= 11 is 7.01. The Kier molecular flexibility index (Phi) is 8.39. The van der Waals surface area contributed by atoms with Crippen LogP contribution in [0, 0.1) is 5.82 Å². The Morgan fingerprint density at radius 1 is 1.09 bits per heavy atom. The smallest absolute Gasteiger partial charge is 0.138 e. The molecule has 0 aliphatic carbocycles. The molecule has 22 heavy (non-hydrogen) atoms. The van der Waals surface area contributed by atoms with Crippen LogP contribution in [0.2, 0.25) is 0 Å². The highest BCUT2D eigenvalue weighted by Gasteiger charge is 2.09. The minimum absolute atomic E-state index is 0.